The van der Waals surface area contributed by atoms with Gasteiger partial charge in [-0.25, -0.2) is 0 Å². The molecule has 1 aromatic heterocycles. The molecule has 0 spiro atoms. The molecule has 0 aromatic carbocycles. The highest BCUT2D eigenvalue weighted by atomic mass is 35.5. The zero-order valence-electron chi connectivity index (χ0n) is 7.10. The predicted molar refractivity (Wildman–Crippen MR) is 55.4 cm³/mol. The van der Waals surface area contributed by atoms with Crippen molar-refractivity contribution in [3.63, 3.8) is 0 Å². The van der Waals surface area contributed by atoms with E-state index in [1.165, 1.54) is 0 Å². The lowest BCUT2D eigenvalue weighted by Gasteiger charge is -2.02. The Balaban J connectivity index is 0.00000144. The van der Waals surface area contributed by atoms with Crippen molar-refractivity contribution in [2.24, 2.45) is 5.73 Å². The normalized spacial score (nSPS) is 11.8. The number of hydrogen-bond donors (Lipinski definition) is 1. The molecule has 0 aliphatic rings. The quantitative estimate of drug-likeness (QED) is 0.631. The van der Waals surface area contributed by atoms with E-state index in [1.807, 2.05) is 6.92 Å². The van der Waals surface area contributed by atoms with Crippen LogP contribution in [0.3, 0.4) is 0 Å². The molecule has 1 atom stereocenters. The smallest absolute Gasteiger partial charge is 0.324 e. The van der Waals surface area contributed by atoms with Crippen LogP contribution in [0.1, 0.15) is 24.9 Å². The topological polar surface area (TPSA) is 69.2 Å². The van der Waals surface area contributed by atoms with Crippen LogP contribution in [0.25, 0.3) is 0 Å². The standard InChI is InChI=1S/C7H10N2O2S.ClH/c1-2-6(8)5-3-7(9(10)11)12-4-5;/h3-4,6H,2,8H2,1H3;1H/t6-;/m1./s1. The Morgan fingerprint density at radius 1 is 1.77 bits per heavy atom. The van der Waals surface area contributed by atoms with Crippen LogP contribution >= 0.6 is 23.7 Å². The fraction of sp³-hybridized carbons (Fsp3) is 0.429. The third-order valence-electron chi connectivity index (χ3n) is 1.65. The summed E-state index contributed by atoms with van der Waals surface area (Å²) < 4.78 is 0. The number of halogens is 1. The largest absolute Gasteiger partial charge is 0.324 e. The van der Waals surface area contributed by atoms with E-state index in [-0.39, 0.29) is 23.4 Å². The molecule has 1 heterocycles. The van der Waals surface area contributed by atoms with Crippen LogP contribution < -0.4 is 5.73 Å². The first kappa shape index (κ1) is 12.3. The lowest BCUT2D eigenvalue weighted by atomic mass is 10.1. The second-order valence-corrected chi connectivity index (χ2v) is 3.38. The minimum absolute atomic E-state index is 0. The molecule has 2 N–H and O–H groups in total. The number of nitrogens with zero attached hydrogens (tertiary/aromatic N) is 1. The summed E-state index contributed by atoms with van der Waals surface area (Å²) in [7, 11) is 0. The molecule has 0 fully saturated rings. The third kappa shape index (κ3) is 2.95. The molecule has 0 aliphatic heterocycles. The van der Waals surface area contributed by atoms with Crippen LogP contribution in [0.4, 0.5) is 5.00 Å². The van der Waals surface area contributed by atoms with Crippen molar-refractivity contribution in [1.29, 1.82) is 0 Å². The number of rotatable bonds is 3. The van der Waals surface area contributed by atoms with Gasteiger partial charge in [-0.05, 0) is 12.0 Å². The molecule has 1 rings (SSSR count). The monoisotopic (exact) mass is 222 g/mol. The molecular formula is C7H11ClN2O2S. The molecule has 0 unspecified atom stereocenters. The van der Waals surface area contributed by atoms with Crippen LogP contribution in [0, 0.1) is 10.1 Å². The summed E-state index contributed by atoms with van der Waals surface area (Å²) in [6.45, 7) is 1.95. The van der Waals surface area contributed by atoms with Crippen molar-refractivity contribution in [1.82, 2.24) is 0 Å². The fourth-order valence-corrected chi connectivity index (χ4v) is 1.65. The van der Waals surface area contributed by atoms with Gasteiger partial charge in [0.25, 0.3) is 0 Å². The van der Waals surface area contributed by atoms with E-state index >= 15 is 0 Å². The summed E-state index contributed by atoms with van der Waals surface area (Å²) in [6, 6.07) is 1.47. The summed E-state index contributed by atoms with van der Waals surface area (Å²) in [4.78, 5) is 9.91. The lowest BCUT2D eigenvalue weighted by molar-refractivity contribution is -0.380. The maximum atomic E-state index is 10.3. The Morgan fingerprint density at radius 3 is 2.77 bits per heavy atom. The highest BCUT2D eigenvalue weighted by molar-refractivity contribution is 7.13. The SMILES string of the molecule is CC[C@@H](N)c1csc([N+](=O)[O-])c1.Cl. The van der Waals surface area contributed by atoms with Gasteiger partial charge in [0.1, 0.15) is 0 Å². The second-order valence-electron chi connectivity index (χ2n) is 2.49. The van der Waals surface area contributed by atoms with Gasteiger partial charge >= 0.3 is 5.00 Å². The maximum absolute atomic E-state index is 10.3. The molecule has 0 saturated carbocycles. The van der Waals surface area contributed by atoms with Crippen molar-refractivity contribution in [3.8, 4) is 0 Å². The Bertz CT molecular complexity index is 290. The molecule has 0 amide bonds. The zero-order chi connectivity index (χ0) is 9.14. The fourth-order valence-electron chi connectivity index (χ4n) is 0.865. The minimum Gasteiger partial charge on any atom is -0.324 e. The van der Waals surface area contributed by atoms with Crippen molar-refractivity contribution in [3.05, 3.63) is 27.1 Å². The van der Waals surface area contributed by atoms with Gasteiger partial charge < -0.3 is 5.73 Å². The van der Waals surface area contributed by atoms with E-state index in [0.717, 1.165) is 23.3 Å². The van der Waals surface area contributed by atoms with Gasteiger partial charge in [-0.3, -0.25) is 10.1 Å². The first-order chi connectivity index (χ1) is 5.65. The molecule has 1 aromatic rings. The van der Waals surface area contributed by atoms with Crippen molar-refractivity contribution in [2.75, 3.05) is 0 Å². The summed E-state index contributed by atoms with van der Waals surface area (Å²) in [5.74, 6) is 0. The van der Waals surface area contributed by atoms with E-state index in [1.54, 1.807) is 11.4 Å². The summed E-state index contributed by atoms with van der Waals surface area (Å²) in [5, 5.41) is 12.2. The highest BCUT2D eigenvalue weighted by Gasteiger charge is 2.12. The van der Waals surface area contributed by atoms with Crippen LogP contribution in [0.5, 0.6) is 0 Å². The zero-order valence-corrected chi connectivity index (χ0v) is 8.73. The molecular weight excluding hydrogens is 212 g/mol. The second kappa shape index (κ2) is 5.16. The maximum Gasteiger partial charge on any atom is 0.324 e. The number of thiophene rings is 1. The third-order valence-corrected chi connectivity index (χ3v) is 2.55. The van der Waals surface area contributed by atoms with Crippen LogP contribution in [-0.4, -0.2) is 4.92 Å². The Kier molecular flexibility index (Phi) is 4.90. The van der Waals surface area contributed by atoms with Crippen LogP contribution in [0.15, 0.2) is 11.4 Å². The first-order valence-corrected chi connectivity index (χ1v) is 4.51. The summed E-state index contributed by atoms with van der Waals surface area (Å²) >= 11 is 1.12. The van der Waals surface area contributed by atoms with Crippen molar-refractivity contribution < 1.29 is 4.92 Å². The molecule has 0 saturated heterocycles. The Hall–Kier alpha value is -0.650. The van der Waals surface area contributed by atoms with E-state index in [4.69, 9.17) is 5.73 Å². The van der Waals surface area contributed by atoms with Gasteiger partial charge in [-0.15, -0.1) is 12.4 Å². The van der Waals surface area contributed by atoms with Crippen LogP contribution in [0.2, 0.25) is 0 Å². The minimum atomic E-state index is -0.392. The number of hydrogen-bond acceptors (Lipinski definition) is 4. The average Bonchev–Trinajstić information content (AvgIpc) is 2.51. The van der Waals surface area contributed by atoms with Gasteiger partial charge in [0.2, 0.25) is 0 Å². The van der Waals surface area contributed by atoms with Gasteiger partial charge in [-0.2, -0.15) is 0 Å². The molecule has 0 bridgehead atoms. The van der Waals surface area contributed by atoms with Gasteiger partial charge in [-0.1, -0.05) is 18.3 Å². The van der Waals surface area contributed by atoms with E-state index in [0.29, 0.717) is 0 Å². The van der Waals surface area contributed by atoms with Crippen LogP contribution in [-0.2, 0) is 0 Å². The van der Waals surface area contributed by atoms with E-state index < -0.39 is 4.92 Å². The summed E-state index contributed by atoms with van der Waals surface area (Å²) in [6.07, 6.45) is 0.799. The molecule has 0 aliphatic carbocycles. The number of nitro groups is 1. The molecule has 4 nitrogen and oxygen atoms in total. The predicted octanol–water partition coefficient (Wildman–Crippen LogP) is 2.49. The van der Waals surface area contributed by atoms with Crippen molar-refractivity contribution in [2.45, 2.75) is 19.4 Å². The molecule has 6 heteroatoms. The van der Waals surface area contributed by atoms with Gasteiger partial charge in [0.05, 0.1) is 4.92 Å². The highest BCUT2D eigenvalue weighted by Crippen LogP contribution is 2.26. The van der Waals surface area contributed by atoms with E-state index in [2.05, 4.69) is 0 Å². The average molecular weight is 223 g/mol. The Morgan fingerprint density at radius 2 is 2.38 bits per heavy atom. The van der Waals surface area contributed by atoms with Gasteiger partial charge in [0, 0.05) is 17.5 Å². The van der Waals surface area contributed by atoms with Gasteiger partial charge in [0.15, 0.2) is 0 Å². The number of nitrogens with two attached hydrogens (primary N) is 1. The first-order valence-electron chi connectivity index (χ1n) is 3.63. The summed E-state index contributed by atoms with van der Waals surface area (Å²) in [5.41, 5.74) is 6.55. The van der Waals surface area contributed by atoms with E-state index in [9.17, 15) is 10.1 Å². The molecule has 0 radical (unpaired) electrons. The lowest BCUT2D eigenvalue weighted by Crippen LogP contribution is -2.06. The Labute approximate surface area is 86.3 Å². The molecule has 74 valence electrons. The molecule has 13 heavy (non-hydrogen) atoms. The van der Waals surface area contributed by atoms with Crippen molar-refractivity contribution >= 4 is 28.7 Å².